The molecule has 7 nitrogen and oxygen atoms in total. The normalized spacial score (nSPS) is 16.4. The maximum Gasteiger partial charge on any atom is 0.265 e. The number of hydrogen-bond acceptors (Lipinski definition) is 8. The zero-order valence-electron chi connectivity index (χ0n) is 22.9. The molecule has 4 aromatic rings. The van der Waals surface area contributed by atoms with Crippen molar-refractivity contribution in [3.63, 3.8) is 0 Å². The quantitative estimate of drug-likeness (QED) is 0.203. The van der Waals surface area contributed by atoms with E-state index in [1.54, 1.807) is 26.4 Å². The summed E-state index contributed by atoms with van der Waals surface area (Å²) in [6, 6.07) is 18.4. The van der Waals surface area contributed by atoms with Crippen LogP contribution in [0.4, 0.5) is 5.69 Å². The number of anilines is 1. The first-order valence-electron chi connectivity index (χ1n) is 12.6. The summed E-state index contributed by atoms with van der Waals surface area (Å²) in [5.74, 6) is 1.82. The summed E-state index contributed by atoms with van der Waals surface area (Å²) < 4.78 is 45.5. The van der Waals surface area contributed by atoms with E-state index in [0.29, 0.717) is 0 Å². The van der Waals surface area contributed by atoms with Crippen LogP contribution in [-0.2, 0) is 17.2 Å². The van der Waals surface area contributed by atoms with Crippen LogP contribution in [0.25, 0.3) is 15.8 Å². The van der Waals surface area contributed by atoms with Crippen molar-refractivity contribution in [1.29, 1.82) is 0 Å². The van der Waals surface area contributed by atoms with Gasteiger partial charge in [0.25, 0.3) is 5.01 Å². The maximum absolute atomic E-state index is 10.4. The minimum Gasteiger partial charge on any atom is -0.744 e. The lowest BCUT2D eigenvalue weighted by Crippen LogP contribution is -2.30. The molecule has 0 spiro atoms. The molecule has 0 radical (unpaired) electrons. The Balaban J connectivity index is 0.000000248. The van der Waals surface area contributed by atoms with Crippen molar-refractivity contribution in [2.45, 2.75) is 29.6 Å². The predicted octanol–water partition coefficient (Wildman–Crippen LogP) is 6.27. The van der Waals surface area contributed by atoms with Gasteiger partial charge in [-0.05, 0) is 67.8 Å². The number of allylic oxidation sites excluding steroid dienone is 3. The molecule has 0 amide bonds. The first-order valence-corrected chi connectivity index (χ1v) is 15.7. The van der Waals surface area contributed by atoms with Crippen molar-refractivity contribution in [3.8, 4) is 11.5 Å². The number of aromatic nitrogens is 1. The fraction of sp³-hybridized carbons (Fsp3) is 0.233. The van der Waals surface area contributed by atoms with Crippen LogP contribution in [0.3, 0.4) is 0 Å². The average Bonchev–Trinajstić information content (AvgIpc) is 3.64. The molecule has 6 rings (SSSR count). The third-order valence-corrected chi connectivity index (χ3v) is 10.4. The minimum absolute atomic E-state index is 0.178. The Hall–Kier alpha value is -3.31. The van der Waals surface area contributed by atoms with Gasteiger partial charge in [0, 0.05) is 29.6 Å². The van der Waals surface area contributed by atoms with Gasteiger partial charge in [-0.2, -0.15) is 4.57 Å². The fourth-order valence-electron chi connectivity index (χ4n) is 4.75. The summed E-state index contributed by atoms with van der Waals surface area (Å²) in [4.78, 5) is 3.39. The largest absolute Gasteiger partial charge is 0.744 e. The van der Waals surface area contributed by atoms with Crippen molar-refractivity contribution in [3.05, 3.63) is 87.9 Å². The molecule has 2 aliphatic rings. The molecule has 2 heterocycles. The van der Waals surface area contributed by atoms with Crippen LogP contribution in [0.5, 0.6) is 11.5 Å². The zero-order valence-corrected chi connectivity index (χ0v) is 25.4. The molecule has 0 saturated carbocycles. The SMILES string of the molecule is COc1ccc2c(c1)S/C(=C1\C=C(c3sc4cc(OC)ccc4[n+]3C)CC1)N2C.Cc1ccc(S(=O)(=O)[O-])cc1. The summed E-state index contributed by atoms with van der Waals surface area (Å²) in [5, 5.41) is 2.65. The fourth-order valence-corrected chi connectivity index (χ4v) is 7.66. The number of fused-ring (bicyclic) bond motifs is 2. The highest BCUT2D eigenvalue weighted by molar-refractivity contribution is 8.03. The molecule has 0 fully saturated rings. The Kier molecular flexibility index (Phi) is 7.96. The van der Waals surface area contributed by atoms with E-state index in [9.17, 15) is 13.0 Å². The molecule has 0 unspecified atom stereocenters. The summed E-state index contributed by atoms with van der Waals surface area (Å²) in [7, 11) is 3.48. The van der Waals surface area contributed by atoms with Gasteiger partial charge < -0.3 is 18.9 Å². The molecule has 40 heavy (non-hydrogen) atoms. The van der Waals surface area contributed by atoms with Gasteiger partial charge in [-0.25, -0.2) is 8.42 Å². The van der Waals surface area contributed by atoms with Crippen LogP contribution >= 0.6 is 23.1 Å². The van der Waals surface area contributed by atoms with E-state index >= 15 is 0 Å². The Bertz CT molecular complexity index is 1760. The van der Waals surface area contributed by atoms with Gasteiger partial charge in [0.05, 0.1) is 29.8 Å². The molecule has 1 aliphatic heterocycles. The van der Waals surface area contributed by atoms with E-state index in [1.165, 1.54) is 54.1 Å². The molecule has 1 aliphatic carbocycles. The molecule has 0 bridgehead atoms. The van der Waals surface area contributed by atoms with Crippen LogP contribution < -0.4 is 18.9 Å². The monoisotopic (exact) mass is 594 g/mol. The van der Waals surface area contributed by atoms with Crippen molar-refractivity contribution in [2.75, 3.05) is 26.2 Å². The number of rotatable bonds is 4. The Morgan fingerprint density at radius 2 is 1.62 bits per heavy atom. The number of aryl methyl sites for hydroxylation is 2. The topological polar surface area (TPSA) is 82.8 Å². The molecule has 3 aromatic carbocycles. The lowest BCUT2D eigenvalue weighted by Gasteiger charge is -2.15. The molecule has 1 aromatic heterocycles. The number of ether oxygens (including phenoxy) is 2. The molecular weight excluding hydrogens is 565 g/mol. The van der Waals surface area contributed by atoms with E-state index < -0.39 is 10.1 Å². The van der Waals surface area contributed by atoms with E-state index in [4.69, 9.17) is 9.47 Å². The summed E-state index contributed by atoms with van der Waals surface area (Å²) in [6.07, 6.45) is 4.54. The first-order chi connectivity index (χ1) is 19.1. The molecule has 0 N–H and O–H groups in total. The van der Waals surface area contributed by atoms with E-state index in [2.05, 4.69) is 53.9 Å². The van der Waals surface area contributed by atoms with Gasteiger partial charge in [0.15, 0.2) is 0 Å². The van der Waals surface area contributed by atoms with Crippen LogP contribution in [-0.4, -0.2) is 34.2 Å². The van der Waals surface area contributed by atoms with Gasteiger partial charge >= 0.3 is 0 Å². The standard InChI is InChI=1S/C23H23N2O2S2.C7H8O3S/c1-24-18-9-7-16(26-3)12-20(18)28-22(24)14-5-6-15(11-14)23-25(2)19-10-8-17(27-4)13-21(19)29-23;1-6-2-4-7(5-3-6)11(8,9)10/h7-13H,5-6H2,1-4H3;2-5H,1H3,(H,8,9,10)/q+1;/p-1. The van der Waals surface area contributed by atoms with E-state index in [1.807, 2.05) is 42.2 Å². The Morgan fingerprint density at radius 3 is 2.30 bits per heavy atom. The summed E-state index contributed by atoms with van der Waals surface area (Å²) in [5.41, 5.74) is 6.26. The molecular formula is C30H30N2O5S3. The van der Waals surface area contributed by atoms with Gasteiger partial charge in [-0.15, -0.1) is 0 Å². The van der Waals surface area contributed by atoms with Crippen LogP contribution in [0, 0.1) is 6.92 Å². The molecule has 10 heteroatoms. The van der Waals surface area contributed by atoms with Crippen LogP contribution in [0.2, 0.25) is 0 Å². The Morgan fingerprint density at radius 1 is 0.950 bits per heavy atom. The second-order valence-electron chi connectivity index (χ2n) is 9.56. The van der Waals surface area contributed by atoms with Gasteiger partial charge in [-0.3, -0.25) is 0 Å². The zero-order chi connectivity index (χ0) is 28.6. The van der Waals surface area contributed by atoms with Crippen molar-refractivity contribution in [1.82, 2.24) is 0 Å². The lowest BCUT2D eigenvalue weighted by atomic mass is 10.2. The summed E-state index contributed by atoms with van der Waals surface area (Å²) >= 11 is 3.69. The van der Waals surface area contributed by atoms with Crippen LogP contribution in [0.1, 0.15) is 23.4 Å². The Labute approximate surface area is 243 Å². The van der Waals surface area contributed by atoms with Gasteiger partial charge in [-0.1, -0.05) is 40.8 Å². The molecule has 0 atom stereocenters. The lowest BCUT2D eigenvalue weighted by molar-refractivity contribution is -0.642. The highest BCUT2D eigenvalue weighted by Crippen LogP contribution is 2.50. The number of hydrogen-bond donors (Lipinski definition) is 0. The van der Waals surface area contributed by atoms with Gasteiger partial charge in [0.2, 0.25) is 5.52 Å². The van der Waals surface area contributed by atoms with Crippen molar-refractivity contribution < 1.29 is 27.0 Å². The molecule has 208 valence electrons. The minimum atomic E-state index is -4.27. The maximum atomic E-state index is 10.4. The third-order valence-electron chi connectivity index (χ3n) is 6.95. The highest BCUT2D eigenvalue weighted by Gasteiger charge is 2.29. The van der Waals surface area contributed by atoms with Gasteiger partial charge in [0.1, 0.15) is 33.4 Å². The van der Waals surface area contributed by atoms with Crippen molar-refractivity contribution >= 4 is 54.7 Å². The average molecular weight is 595 g/mol. The second kappa shape index (κ2) is 11.3. The number of thiazole rings is 1. The second-order valence-corrected chi connectivity index (χ2v) is 13.0. The number of methoxy groups -OCH3 is 2. The number of nitrogens with zero attached hydrogens (tertiary/aromatic N) is 2. The van der Waals surface area contributed by atoms with Crippen LogP contribution in [0.15, 0.2) is 87.1 Å². The number of thioether (sulfide) groups is 1. The molecule has 0 saturated heterocycles. The summed E-state index contributed by atoms with van der Waals surface area (Å²) in [6.45, 7) is 1.82. The van der Waals surface area contributed by atoms with Crippen molar-refractivity contribution in [2.24, 2.45) is 7.05 Å². The first kappa shape index (κ1) is 28.2. The van der Waals surface area contributed by atoms with E-state index in [-0.39, 0.29) is 4.90 Å². The third kappa shape index (κ3) is 5.62. The smallest absolute Gasteiger partial charge is 0.265 e. The van der Waals surface area contributed by atoms with E-state index in [0.717, 1.165) is 29.9 Å². The predicted molar refractivity (Wildman–Crippen MR) is 160 cm³/mol. The highest BCUT2D eigenvalue weighted by atomic mass is 32.2. The number of benzene rings is 3.